The van der Waals surface area contributed by atoms with Crippen LogP contribution in [0.2, 0.25) is 0 Å². The van der Waals surface area contributed by atoms with Gasteiger partial charge in [0.15, 0.2) is 0 Å². The Morgan fingerprint density at radius 3 is 2.80 bits per heavy atom. The molecular weight excluding hydrogens is 190 g/mol. The maximum Gasteiger partial charge on any atom is 0.255 e. The number of nitrogens with one attached hydrogen (secondary N) is 1. The van der Waals surface area contributed by atoms with Crippen LogP contribution < -0.4 is 5.32 Å². The van der Waals surface area contributed by atoms with Crippen molar-refractivity contribution in [1.29, 1.82) is 0 Å². The summed E-state index contributed by atoms with van der Waals surface area (Å²) in [6, 6.07) is 5.52. The number of rotatable bonds is 2. The minimum absolute atomic E-state index is 0.0920. The molecule has 15 heavy (non-hydrogen) atoms. The van der Waals surface area contributed by atoms with Gasteiger partial charge in [-0.1, -0.05) is 12.1 Å². The van der Waals surface area contributed by atoms with Crippen molar-refractivity contribution in [2.45, 2.75) is 32.2 Å². The lowest BCUT2D eigenvalue weighted by atomic mass is 9.93. The summed E-state index contributed by atoms with van der Waals surface area (Å²) in [7, 11) is 0. The van der Waals surface area contributed by atoms with Crippen molar-refractivity contribution < 1.29 is 9.90 Å². The Morgan fingerprint density at radius 2 is 2.20 bits per heavy atom. The van der Waals surface area contributed by atoms with E-state index in [0.29, 0.717) is 11.6 Å². The Balaban J connectivity index is 2.13. The van der Waals surface area contributed by atoms with Crippen LogP contribution in [0.1, 0.15) is 35.2 Å². The third-order valence-corrected chi connectivity index (χ3v) is 2.92. The second kappa shape index (κ2) is 3.93. The highest BCUT2D eigenvalue weighted by Crippen LogP contribution is 2.23. The van der Waals surface area contributed by atoms with Crippen LogP contribution in [0.4, 0.5) is 0 Å². The number of phenols is 1. The predicted octanol–water partition coefficient (Wildman–Crippen LogP) is 1.98. The van der Waals surface area contributed by atoms with Crippen LogP contribution in [0.3, 0.4) is 0 Å². The summed E-state index contributed by atoms with van der Waals surface area (Å²) in [5, 5.41) is 12.6. The van der Waals surface area contributed by atoms with Crippen LogP contribution in [0.5, 0.6) is 5.75 Å². The Kier molecular flexibility index (Phi) is 2.62. The van der Waals surface area contributed by atoms with Crippen molar-refractivity contribution in [3.05, 3.63) is 29.3 Å². The third-order valence-electron chi connectivity index (χ3n) is 2.92. The molecule has 2 N–H and O–H groups in total. The summed E-state index contributed by atoms with van der Waals surface area (Å²) in [5.41, 5.74) is 1.11. The van der Waals surface area contributed by atoms with Crippen molar-refractivity contribution in [3.63, 3.8) is 0 Å². The van der Waals surface area contributed by atoms with E-state index in [9.17, 15) is 9.90 Å². The van der Waals surface area contributed by atoms with E-state index in [4.69, 9.17) is 0 Å². The van der Waals surface area contributed by atoms with Crippen molar-refractivity contribution in [3.8, 4) is 5.75 Å². The summed E-state index contributed by atoms with van der Waals surface area (Å²) in [5.74, 6) is -0.0739. The Bertz CT molecular complexity index is 383. The van der Waals surface area contributed by atoms with Crippen LogP contribution in [0.15, 0.2) is 18.2 Å². The number of carbonyl (C=O) groups is 1. The molecular formula is C12H15NO2. The standard InChI is InChI=1S/C12H15NO2/c1-8-4-2-7-10(11(8)14)12(15)13-9-5-3-6-9/h2,4,7,9,14H,3,5-6H2,1H3,(H,13,15). The first-order valence-electron chi connectivity index (χ1n) is 5.28. The second-order valence-electron chi connectivity index (χ2n) is 4.07. The molecule has 0 aromatic heterocycles. The lowest BCUT2D eigenvalue weighted by Gasteiger charge is -2.26. The fourth-order valence-electron chi connectivity index (χ4n) is 1.66. The zero-order valence-corrected chi connectivity index (χ0v) is 8.79. The van der Waals surface area contributed by atoms with Crippen molar-refractivity contribution in [2.24, 2.45) is 0 Å². The van der Waals surface area contributed by atoms with Crippen molar-refractivity contribution >= 4 is 5.91 Å². The largest absolute Gasteiger partial charge is 0.507 e. The molecule has 0 atom stereocenters. The van der Waals surface area contributed by atoms with Crippen LogP contribution in [-0.4, -0.2) is 17.1 Å². The number of hydrogen-bond donors (Lipinski definition) is 2. The number of phenolic OH excluding ortho intramolecular Hbond substituents is 1. The van der Waals surface area contributed by atoms with Crippen LogP contribution in [0, 0.1) is 6.92 Å². The van der Waals surface area contributed by atoms with Gasteiger partial charge in [-0.3, -0.25) is 4.79 Å². The van der Waals surface area contributed by atoms with Gasteiger partial charge >= 0.3 is 0 Å². The lowest BCUT2D eigenvalue weighted by molar-refractivity contribution is 0.0914. The predicted molar refractivity (Wildman–Crippen MR) is 57.9 cm³/mol. The number of carbonyl (C=O) groups excluding carboxylic acids is 1. The van der Waals surface area contributed by atoms with E-state index < -0.39 is 0 Å². The van der Waals surface area contributed by atoms with E-state index in [1.807, 2.05) is 0 Å². The van der Waals surface area contributed by atoms with Gasteiger partial charge in [-0.05, 0) is 37.8 Å². The molecule has 3 nitrogen and oxygen atoms in total. The monoisotopic (exact) mass is 205 g/mol. The summed E-state index contributed by atoms with van der Waals surface area (Å²) >= 11 is 0. The van der Waals surface area contributed by atoms with Gasteiger partial charge < -0.3 is 10.4 Å². The van der Waals surface area contributed by atoms with E-state index in [1.165, 1.54) is 6.42 Å². The molecule has 80 valence electrons. The quantitative estimate of drug-likeness (QED) is 0.775. The fraction of sp³-hybridized carbons (Fsp3) is 0.417. The minimum atomic E-state index is -0.166. The number of aromatic hydroxyl groups is 1. The van der Waals surface area contributed by atoms with Gasteiger partial charge in [0.2, 0.25) is 0 Å². The van der Waals surface area contributed by atoms with Crippen LogP contribution in [-0.2, 0) is 0 Å². The number of aryl methyl sites for hydroxylation is 1. The summed E-state index contributed by atoms with van der Waals surface area (Å²) in [4.78, 5) is 11.7. The molecule has 1 aliphatic carbocycles. The topological polar surface area (TPSA) is 49.3 Å². The van der Waals surface area contributed by atoms with Crippen LogP contribution in [0.25, 0.3) is 0 Å². The zero-order chi connectivity index (χ0) is 10.8. The molecule has 0 unspecified atom stereocenters. The number of benzene rings is 1. The third kappa shape index (κ3) is 1.96. The van der Waals surface area contributed by atoms with E-state index in [-0.39, 0.29) is 11.7 Å². The molecule has 1 aromatic rings. The molecule has 0 aliphatic heterocycles. The Labute approximate surface area is 89.1 Å². The molecule has 1 aliphatic rings. The first kappa shape index (κ1) is 10.0. The summed E-state index contributed by atoms with van der Waals surface area (Å²) in [6.07, 6.45) is 3.29. The van der Waals surface area contributed by atoms with Gasteiger partial charge in [0, 0.05) is 6.04 Å². The highest BCUT2D eigenvalue weighted by Gasteiger charge is 2.21. The fourth-order valence-corrected chi connectivity index (χ4v) is 1.66. The second-order valence-corrected chi connectivity index (χ2v) is 4.07. The summed E-state index contributed by atoms with van der Waals surface area (Å²) < 4.78 is 0. The number of hydrogen-bond acceptors (Lipinski definition) is 2. The maximum absolute atomic E-state index is 11.7. The molecule has 2 rings (SSSR count). The van der Waals surface area contributed by atoms with Gasteiger partial charge in [-0.25, -0.2) is 0 Å². The van der Waals surface area contributed by atoms with Gasteiger partial charge in [0.05, 0.1) is 5.56 Å². The molecule has 1 saturated carbocycles. The average Bonchev–Trinajstić information content (AvgIpc) is 2.15. The van der Waals surface area contributed by atoms with Gasteiger partial charge in [0.25, 0.3) is 5.91 Å². The highest BCUT2D eigenvalue weighted by atomic mass is 16.3. The normalized spacial score (nSPS) is 15.8. The van der Waals surface area contributed by atoms with Crippen molar-refractivity contribution in [2.75, 3.05) is 0 Å². The Hall–Kier alpha value is -1.51. The zero-order valence-electron chi connectivity index (χ0n) is 8.79. The van der Waals surface area contributed by atoms with E-state index in [0.717, 1.165) is 18.4 Å². The minimum Gasteiger partial charge on any atom is -0.507 e. The number of amides is 1. The molecule has 0 saturated heterocycles. The molecule has 0 heterocycles. The first-order chi connectivity index (χ1) is 7.18. The van der Waals surface area contributed by atoms with Crippen LogP contribution >= 0.6 is 0 Å². The molecule has 0 radical (unpaired) electrons. The molecule has 0 bridgehead atoms. The molecule has 0 spiro atoms. The van der Waals surface area contributed by atoms with E-state index in [2.05, 4.69) is 5.32 Å². The van der Waals surface area contributed by atoms with Crippen molar-refractivity contribution in [1.82, 2.24) is 5.32 Å². The number of para-hydroxylation sites is 1. The first-order valence-corrected chi connectivity index (χ1v) is 5.28. The SMILES string of the molecule is Cc1cccc(C(=O)NC2CCC2)c1O. The highest BCUT2D eigenvalue weighted by molar-refractivity contribution is 5.97. The van der Waals surface area contributed by atoms with E-state index >= 15 is 0 Å². The van der Waals surface area contributed by atoms with Gasteiger partial charge in [-0.2, -0.15) is 0 Å². The molecule has 1 amide bonds. The average molecular weight is 205 g/mol. The lowest BCUT2D eigenvalue weighted by Crippen LogP contribution is -2.39. The van der Waals surface area contributed by atoms with Gasteiger partial charge in [0.1, 0.15) is 5.75 Å². The van der Waals surface area contributed by atoms with Gasteiger partial charge in [-0.15, -0.1) is 0 Å². The maximum atomic E-state index is 11.7. The molecule has 1 aromatic carbocycles. The molecule has 3 heteroatoms. The Morgan fingerprint density at radius 1 is 1.47 bits per heavy atom. The smallest absolute Gasteiger partial charge is 0.255 e. The molecule has 1 fully saturated rings. The van der Waals surface area contributed by atoms with E-state index in [1.54, 1.807) is 25.1 Å². The summed E-state index contributed by atoms with van der Waals surface area (Å²) in [6.45, 7) is 1.79.